The number of aliphatic hydroxyl groups is 1. The molecule has 0 radical (unpaired) electrons. The van der Waals surface area contributed by atoms with Crippen molar-refractivity contribution in [1.29, 1.82) is 0 Å². The van der Waals surface area contributed by atoms with Gasteiger partial charge in [-0.3, -0.25) is 19.2 Å². The van der Waals surface area contributed by atoms with E-state index in [9.17, 15) is 24.3 Å². The van der Waals surface area contributed by atoms with Gasteiger partial charge in [-0.15, -0.1) is 0 Å². The highest BCUT2D eigenvalue weighted by Gasteiger charge is 2.65. The molecule has 0 heterocycles. The second kappa shape index (κ2) is 8.40. The standard InChI is InChI=1S/C25H34O7/c1-14(27)31-12-21(30)20-7-6-19-18-5-4-16-10-17(29)8-9-24(16,3)23(18)22(32-15(2)28)11-25(19,20)13-26/h10,18-20,22-23,26H,4-9,11-13H2,1-3H3/t18-,19-,20+,22-,23+,24-,25+/m0/s1. The van der Waals surface area contributed by atoms with Crippen LogP contribution in [0.3, 0.4) is 0 Å². The molecular formula is C25H34O7. The number of ether oxygens (including phenoxy) is 2. The number of ketones is 2. The molecule has 0 aliphatic heterocycles. The summed E-state index contributed by atoms with van der Waals surface area (Å²) in [6, 6.07) is 0. The fraction of sp³-hybridized carbons (Fsp3) is 0.760. The van der Waals surface area contributed by atoms with Crippen LogP contribution in [-0.4, -0.2) is 47.9 Å². The van der Waals surface area contributed by atoms with E-state index in [0.717, 1.165) is 31.3 Å². The number of Topliss-reactive ketones (excluding diaryl/α,β-unsaturated/α-hetero) is 1. The smallest absolute Gasteiger partial charge is 0.303 e. The third kappa shape index (κ3) is 3.62. The Morgan fingerprint density at radius 3 is 2.53 bits per heavy atom. The van der Waals surface area contributed by atoms with E-state index < -0.39 is 23.4 Å². The van der Waals surface area contributed by atoms with Gasteiger partial charge < -0.3 is 14.6 Å². The van der Waals surface area contributed by atoms with Crippen molar-refractivity contribution in [2.24, 2.45) is 34.5 Å². The Hall–Kier alpha value is -2.02. The number of carbonyl (C=O) groups excluding carboxylic acids is 4. The molecule has 1 N–H and O–H groups in total. The highest BCUT2D eigenvalue weighted by molar-refractivity contribution is 5.91. The van der Waals surface area contributed by atoms with Gasteiger partial charge in [0, 0.05) is 44.1 Å². The van der Waals surface area contributed by atoms with Gasteiger partial charge in [-0.2, -0.15) is 0 Å². The third-order valence-corrected chi connectivity index (χ3v) is 9.02. The molecule has 0 unspecified atom stereocenters. The highest BCUT2D eigenvalue weighted by Crippen LogP contribution is 2.67. The van der Waals surface area contributed by atoms with Gasteiger partial charge in [0.1, 0.15) is 12.7 Å². The summed E-state index contributed by atoms with van der Waals surface area (Å²) in [6.07, 6.45) is 6.16. The second-order valence-corrected chi connectivity index (χ2v) is 10.5. The van der Waals surface area contributed by atoms with Crippen molar-refractivity contribution in [1.82, 2.24) is 0 Å². The Labute approximate surface area is 188 Å². The zero-order valence-corrected chi connectivity index (χ0v) is 19.2. The highest BCUT2D eigenvalue weighted by atomic mass is 16.5. The summed E-state index contributed by atoms with van der Waals surface area (Å²) in [5.74, 6) is -0.902. The van der Waals surface area contributed by atoms with Crippen LogP contribution in [0.1, 0.15) is 65.7 Å². The molecule has 7 heteroatoms. The van der Waals surface area contributed by atoms with E-state index in [0.29, 0.717) is 19.3 Å². The van der Waals surface area contributed by atoms with Crippen LogP contribution in [0, 0.1) is 34.5 Å². The van der Waals surface area contributed by atoms with Gasteiger partial charge in [0.05, 0.1) is 0 Å². The first-order valence-electron chi connectivity index (χ1n) is 11.8. The molecule has 0 amide bonds. The fourth-order valence-electron chi connectivity index (χ4n) is 7.82. The predicted molar refractivity (Wildman–Crippen MR) is 114 cm³/mol. The molecule has 0 spiro atoms. The third-order valence-electron chi connectivity index (χ3n) is 9.02. The monoisotopic (exact) mass is 446 g/mol. The van der Waals surface area contributed by atoms with Gasteiger partial charge in [0.15, 0.2) is 11.6 Å². The van der Waals surface area contributed by atoms with E-state index in [1.165, 1.54) is 13.8 Å². The number of esters is 2. The first kappa shape index (κ1) is 23.1. The zero-order chi connectivity index (χ0) is 23.3. The van der Waals surface area contributed by atoms with Gasteiger partial charge in [-0.1, -0.05) is 12.5 Å². The molecule has 7 atom stereocenters. The molecule has 4 aliphatic carbocycles. The molecule has 4 aliphatic rings. The summed E-state index contributed by atoms with van der Waals surface area (Å²) in [7, 11) is 0. The van der Waals surface area contributed by atoms with Crippen molar-refractivity contribution in [2.45, 2.75) is 71.8 Å². The fourth-order valence-corrected chi connectivity index (χ4v) is 7.82. The SMILES string of the molecule is CC(=O)OCC(=O)[C@H]1CC[C@H]2[C@@H]3CCC4=CC(=O)CC[C@]4(C)[C@H]3[C@@H](OC(C)=O)C[C@]12CO. The van der Waals surface area contributed by atoms with Crippen molar-refractivity contribution in [3.63, 3.8) is 0 Å². The largest absolute Gasteiger partial charge is 0.462 e. The summed E-state index contributed by atoms with van der Waals surface area (Å²) in [6.45, 7) is 4.43. The molecule has 32 heavy (non-hydrogen) atoms. The van der Waals surface area contributed by atoms with Crippen LogP contribution in [0.2, 0.25) is 0 Å². The minimum Gasteiger partial charge on any atom is -0.462 e. The van der Waals surface area contributed by atoms with Gasteiger partial charge in [0.25, 0.3) is 0 Å². The van der Waals surface area contributed by atoms with Gasteiger partial charge in [-0.05, 0) is 61.9 Å². The number of hydrogen-bond donors (Lipinski definition) is 1. The topological polar surface area (TPSA) is 107 Å². The van der Waals surface area contributed by atoms with E-state index in [4.69, 9.17) is 9.47 Å². The molecule has 3 fully saturated rings. The summed E-state index contributed by atoms with van der Waals surface area (Å²) in [4.78, 5) is 48.5. The molecule has 3 saturated carbocycles. The summed E-state index contributed by atoms with van der Waals surface area (Å²) in [5, 5.41) is 10.7. The number of rotatable bonds is 5. The van der Waals surface area contributed by atoms with E-state index in [1.807, 2.05) is 0 Å². The van der Waals surface area contributed by atoms with Crippen molar-refractivity contribution in [2.75, 3.05) is 13.2 Å². The molecule has 0 aromatic carbocycles. The maximum atomic E-state index is 13.0. The number of allylic oxidation sites excluding steroid dienone is 1. The summed E-state index contributed by atoms with van der Waals surface area (Å²) in [5.41, 5.74) is 0.253. The van der Waals surface area contributed by atoms with Crippen LogP contribution < -0.4 is 0 Å². The lowest BCUT2D eigenvalue weighted by molar-refractivity contribution is -0.184. The lowest BCUT2D eigenvalue weighted by Crippen LogP contribution is -2.59. The average molecular weight is 447 g/mol. The van der Waals surface area contributed by atoms with Crippen LogP contribution in [0.25, 0.3) is 0 Å². The van der Waals surface area contributed by atoms with E-state index in [-0.39, 0.29) is 53.9 Å². The first-order chi connectivity index (χ1) is 15.1. The van der Waals surface area contributed by atoms with Gasteiger partial charge in [0.2, 0.25) is 0 Å². The van der Waals surface area contributed by atoms with E-state index in [2.05, 4.69) is 6.92 Å². The van der Waals surface area contributed by atoms with Crippen molar-refractivity contribution in [3.05, 3.63) is 11.6 Å². The first-order valence-corrected chi connectivity index (χ1v) is 11.8. The second-order valence-electron chi connectivity index (χ2n) is 10.5. The maximum Gasteiger partial charge on any atom is 0.303 e. The zero-order valence-electron chi connectivity index (χ0n) is 19.2. The quantitative estimate of drug-likeness (QED) is 0.647. The Morgan fingerprint density at radius 2 is 1.88 bits per heavy atom. The van der Waals surface area contributed by atoms with Crippen LogP contribution >= 0.6 is 0 Å². The number of fused-ring (bicyclic) bond motifs is 5. The average Bonchev–Trinajstić information content (AvgIpc) is 3.11. The Morgan fingerprint density at radius 1 is 1.12 bits per heavy atom. The molecule has 4 rings (SSSR count). The normalized spacial score (nSPS) is 40.4. The van der Waals surface area contributed by atoms with Crippen molar-refractivity contribution < 1.29 is 33.8 Å². The Bertz CT molecular complexity index is 860. The minimum atomic E-state index is -0.680. The van der Waals surface area contributed by atoms with E-state index >= 15 is 0 Å². The number of hydrogen-bond acceptors (Lipinski definition) is 7. The summed E-state index contributed by atoms with van der Waals surface area (Å²) >= 11 is 0. The molecule has 0 aromatic rings. The molecule has 0 saturated heterocycles. The van der Waals surface area contributed by atoms with Gasteiger partial charge >= 0.3 is 11.9 Å². The lowest BCUT2D eigenvalue weighted by atomic mass is 9.45. The Kier molecular flexibility index (Phi) is 6.07. The predicted octanol–water partition coefficient (Wildman–Crippen LogP) is 2.78. The van der Waals surface area contributed by atoms with Crippen LogP contribution in [-0.2, 0) is 28.7 Å². The number of carbonyl (C=O) groups is 4. The lowest BCUT2D eigenvalue weighted by Gasteiger charge is -2.60. The summed E-state index contributed by atoms with van der Waals surface area (Å²) < 4.78 is 10.9. The number of aliphatic hydroxyl groups excluding tert-OH is 1. The molecule has 0 bridgehead atoms. The molecule has 176 valence electrons. The van der Waals surface area contributed by atoms with Crippen LogP contribution in [0.5, 0.6) is 0 Å². The van der Waals surface area contributed by atoms with Crippen molar-refractivity contribution >= 4 is 23.5 Å². The van der Waals surface area contributed by atoms with Gasteiger partial charge in [-0.25, -0.2) is 0 Å². The maximum absolute atomic E-state index is 13.0. The molecule has 7 nitrogen and oxygen atoms in total. The van der Waals surface area contributed by atoms with E-state index in [1.54, 1.807) is 6.08 Å². The minimum absolute atomic E-state index is 0.0616. The molecule has 0 aromatic heterocycles. The van der Waals surface area contributed by atoms with Crippen LogP contribution in [0.4, 0.5) is 0 Å². The Balaban J connectivity index is 1.71. The molecular weight excluding hydrogens is 412 g/mol. The van der Waals surface area contributed by atoms with Crippen molar-refractivity contribution in [3.8, 4) is 0 Å². The van der Waals surface area contributed by atoms with Crippen LogP contribution in [0.15, 0.2) is 11.6 Å².